The molecule has 6 heteroatoms. The highest BCUT2D eigenvalue weighted by atomic mass is 35.5. The number of nitrogens with one attached hydrogen (secondary N) is 1. The molecule has 1 atom stereocenters. The number of hydrogen-bond acceptors (Lipinski definition) is 3. The minimum atomic E-state index is -0.443. The van der Waals surface area contributed by atoms with Crippen LogP contribution in [-0.4, -0.2) is 18.5 Å². The van der Waals surface area contributed by atoms with E-state index < -0.39 is 5.97 Å². The molecular weight excluding hydrogens is 361 g/mol. The first kappa shape index (κ1) is 19.3. The summed E-state index contributed by atoms with van der Waals surface area (Å²) in [7, 11) is 0. The first-order chi connectivity index (χ1) is 11.8. The molecule has 2 rings (SSSR count). The van der Waals surface area contributed by atoms with Crippen molar-refractivity contribution in [3.8, 4) is 0 Å². The quantitative estimate of drug-likeness (QED) is 0.762. The van der Waals surface area contributed by atoms with Crippen LogP contribution in [0.1, 0.15) is 29.7 Å². The molecule has 25 heavy (non-hydrogen) atoms. The molecule has 0 bridgehead atoms. The van der Waals surface area contributed by atoms with E-state index >= 15 is 0 Å². The summed E-state index contributed by atoms with van der Waals surface area (Å²) >= 11 is 11.8. The van der Waals surface area contributed by atoms with E-state index in [0.29, 0.717) is 10.0 Å². The van der Waals surface area contributed by atoms with E-state index in [4.69, 9.17) is 27.9 Å². The zero-order valence-corrected chi connectivity index (χ0v) is 15.5. The maximum Gasteiger partial charge on any atom is 0.310 e. The Hall–Kier alpha value is -2.04. The van der Waals surface area contributed by atoms with Gasteiger partial charge in [-0.15, -0.1) is 0 Å². The summed E-state index contributed by atoms with van der Waals surface area (Å²) in [6.07, 6.45) is 0.135. The largest absolute Gasteiger partial charge is 0.455 e. The first-order valence-electron chi connectivity index (χ1n) is 7.80. The van der Waals surface area contributed by atoms with Crippen molar-refractivity contribution < 1.29 is 14.3 Å². The van der Waals surface area contributed by atoms with Crippen molar-refractivity contribution >= 4 is 35.1 Å². The van der Waals surface area contributed by atoms with Crippen LogP contribution in [0.25, 0.3) is 0 Å². The molecule has 0 fully saturated rings. The average molecular weight is 380 g/mol. The van der Waals surface area contributed by atoms with Crippen molar-refractivity contribution in [3.63, 3.8) is 0 Å². The zero-order chi connectivity index (χ0) is 18.4. The van der Waals surface area contributed by atoms with Crippen LogP contribution in [0.4, 0.5) is 0 Å². The standard InChI is InChI=1S/C19H19Cl2NO3/c1-12-3-5-14(6-4-12)9-19(24)25-11-18(23)22-13(2)15-7-8-16(20)17(21)10-15/h3-8,10,13H,9,11H2,1-2H3,(H,22,23)/t13-/m1/s1. The van der Waals surface area contributed by atoms with E-state index in [1.54, 1.807) is 18.2 Å². The van der Waals surface area contributed by atoms with Crippen LogP contribution in [-0.2, 0) is 20.7 Å². The normalized spacial score (nSPS) is 11.7. The molecular formula is C19H19Cl2NO3. The number of amides is 1. The Morgan fingerprint density at radius 3 is 2.40 bits per heavy atom. The maximum atomic E-state index is 11.9. The number of rotatable bonds is 6. The smallest absolute Gasteiger partial charge is 0.310 e. The number of halogens is 2. The van der Waals surface area contributed by atoms with Gasteiger partial charge in [-0.3, -0.25) is 9.59 Å². The lowest BCUT2D eigenvalue weighted by molar-refractivity contribution is -0.148. The first-order valence-corrected chi connectivity index (χ1v) is 8.56. The molecule has 0 spiro atoms. The van der Waals surface area contributed by atoms with E-state index in [2.05, 4.69) is 5.32 Å². The molecule has 132 valence electrons. The topological polar surface area (TPSA) is 55.4 Å². The number of carbonyl (C=O) groups is 2. The van der Waals surface area contributed by atoms with Crippen molar-refractivity contribution in [2.24, 2.45) is 0 Å². The number of ether oxygens (including phenoxy) is 1. The van der Waals surface area contributed by atoms with Crippen molar-refractivity contribution in [2.45, 2.75) is 26.3 Å². The molecule has 1 amide bonds. The van der Waals surface area contributed by atoms with Crippen LogP contribution in [0.3, 0.4) is 0 Å². The van der Waals surface area contributed by atoms with Gasteiger partial charge in [-0.25, -0.2) is 0 Å². The summed E-state index contributed by atoms with van der Waals surface area (Å²) in [4.78, 5) is 23.7. The van der Waals surface area contributed by atoms with Gasteiger partial charge in [0, 0.05) is 0 Å². The zero-order valence-electron chi connectivity index (χ0n) is 14.0. The van der Waals surface area contributed by atoms with Crippen LogP contribution in [0.15, 0.2) is 42.5 Å². The summed E-state index contributed by atoms with van der Waals surface area (Å²) in [6, 6.07) is 12.4. The number of esters is 1. The monoisotopic (exact) mass is 379 g/mol. The van der Waals surface area contributed by atoms with E-state index in [9.17, 15) is 9.59 Å². The van der Waals surface area contributed by atoms with Gasteiger partial charge in [-0.1, -0.05) is 59.1 Å². The summed E-state index contributed by atoms with van der Waals surface area (Å²) in [5.74, 6) is -0.822. The van der Waals surface area contributed by atoms with Crippen LogP contribution in [0, 0.1) is 6.92 Å². The lowest BCUT2D eigenvalue weighted by Gasteiger charge is -2.15. The lowest BCUT2D eigenvalue weighted by Crippen LogP contribution is -2.31. The third-order valence-corrected chi connectivity index (χ3v) is 4.39. The van der Waals surface area contributed by atoms with Crippen LogP contribution < -0.4 is 5.32 Å². The van der Waals surface area contributed by atoms with Gasteiger partial charge in [0.25, 0.3) is 5.91 Å². The number of carbonyl (C=O) groups excluding carboxylic acids is 2. The molecule has 0 aromatic heterocycles. The van der Waals surface area contributed by atoms with Crippen molar-refractivity contribution in [1.29, 1.82) is 0 Å². The average Bonchev–Trinajstić information content (AvgIpc) is 2.57. The molecule has 0 saturated carbocycles. The Balaban J connectivity index is 1.80. The SMILES string of the molecule is Cc1ccc(CC(=O)OCC(=O)N[C@H](C)c2ccc(Cl)c(Cl)c2)cc1. The molecule has 2 aromatic rings. The Labute approximate surface area is 157 Å². The van der Waals surface area contributed by atoms with Gasteiger partial charge in [-0.05, 0) is 37.1 Å². The summed E-state index contributed by atoms with van der Waals surface area (Å²) < 4.78 is 5.02. The molecule has 0 heterocycles. The van der Waals surface area contributed by atoms with Gasteiger partial charge < -0.3 is 10.1 Å². The second-order valence-corrected chi connectivity index (χ2v) is 6.60. The second-order valence-electron chi connectivity index (χ2n) is 5.79. The van der Waals surface area contributed by atoms with Crippen molar-refractivity contribution in [2.75, 3.05) is 6.61 Å². The van der Waals surface area contributed by atoms with E-state index in [-0.39, 0.29) is 25.0 Å². The lowest BCUT2D eigenvalue weighted by atomic mass is 10.1. The minimum absolute atomic E-state index is 0.135. The molecule has 0 saturated heterocycles. The van der Waals surface area contributed by atoms with Crippen molar-refractivity contribution in [1.82, 2.24) is 5.32 Å². The van der Waals surface area contributed by atoms with Gasteiger partial charge in [0.15, 0.2) is 6.61 Å². The third kappa shape index (κ3) is 6.07. The number of hydrogen-bond donors (Lipinski definition) is 1. The fourth-order valence-corrected chi connectivity index (χ4v) is 2.52. The highest BCUT2D eigenvalue weighted by Gasteiger charge is 2.13. The van der Waals surface area contributed by atoms with E-state index in [1.165, 1.54) is 0 Å². The molecule has 0 aliphatic rings. The summed E-state index contributed by atoms with van der Waals surface area (Å²) in [5.41, 5.74) is 2.78. The molecule has 0 radical (unpaired) electrons. The Morgan fingerprint density at radius 2 is 1.76 bits per heavy atom. The van der Waals surface area contributed by atoms with Gasteiger partial charge in [0.1, 0.15) is 0 Å². The fourth-order valence-electron chi connectivity index (χ4n) is 2.22. The highest BCUT2D eigenvalue weighted by molar-refractivity contribution is 6.42. The van der Waals surface area contributed by atoms with Gasteiger partial charge in [-0.2, -0.15) is 0 Å². The number of benzene rings is 2. The Bertz CT molecular complexity index is 760. The predicted octanol–water partition coefficient (Wildman–Crippen LogP) is 4.26. The van der Waals surface area contributed by atoms with Crippen LogP contribution in [0.5, 0.6) is 0 Å². The van der Waals surface area contributed by atoms with Crippen LogP contribution >= 0.6 is 23.2 Å². The Morgan fingerprint density at radius 1 is 1.08 bits per heavy atom. The Kier molecular flexibility index (Phi) is 6.85. The molecule has 0 unspecified atom stereocenters. The predicted molar refractivity (Wildman–Crippen MR) is 98.9 cm³/mol. The summed E-state index contributed by atoms with van der Waals surface area (Å²) in [6.45, 7) is 3.46. The van der Waals surface area contributed by atoms with E-state index in [0.717, 1.165) is 16.7 Å². The van der Waals surface area contributed by atoms with Gasteiger partial charge >= 0.3 is 5.97 Å². The van der Waals surface area contributed by atoms with Gasteiger partial charge in [0.05, 0.1) is 22.5 Å². The summed E-state index contributed by atoms with van der Waals surface area (Å²) in [5, 5.41) is 3.63. The molecule has 4 nitrogen and oxygen atoms in total. The molecule has 0 aliphatic heterocycles. The second kappa shape index (κ2) is 8.88. The van der Waals surface area contributed by atoms with E-state index in [1.807, 2.05) is 38.1 Å². The third-order valence-electron chi connectivity index (χ3n) is 3.65. The fraction of sp³-hybridized carbons (Fsp3) is 0.263. The molecule has 0 aliphatic carbocycles. The molecule has 2 aromatic carbocycles. The van der Waals surface area contributed by atoms with Gasteiger partial charge in [0.2, 0.25) is 0 Å². The van der Waals surface area contributed by atoms with Crippen molar-refractivity contribution in [3.05, 3.63) is 69.2 Å². The minimum Gasteiger partial charge on any atom is -0.455 e. The molecule has 1 N–H and O–H groups in total. The van der Waals surface area contributed by atoms with Crippen LogP contribution in [0.2, 0.25) is 10.0 Å². The highest BCUT2D eigenvalue weighted by Crippen LogP contribution is 2.25. The number of aryl methyl sites for hydroxylation is 1. The maximum absolute atomic E-state index is 11.9.